The van der Waals surface area contributed by atoms with Gasteiger partial charge in [-0.3, -0.25) is 0 Å². The third-order valence-electron chi connectivity index (χ3n) is 3.27. The lowest BCUT2D eigenvalue weighted by molar-refractivity contribution is -0.131. The van der Waals surface area contributed by atoms with Crippen molar-refractivity contribution in [2.45, 2.75) is 26.2 Å². The molecule has 0 radical (unpaired) electrons. The van der Waals surface area contributed by atoms with Crippen molar-refractivity contribution in [1.82, 2.24) is 0 Å². The number of carbonyl (C=O) groups is 1. The predicted octanol–water partition coefficient (Wildman–Crippen LogP) is 4.51. The Morgan fingerprint density at radius 3 is 2.67 bits per heavy atom. The Morgan fingerprint density at radius 2 is 1.90 bits per heavy atom. The van der Waals surface area contributed by atoms with Crippen LogP contribution in [0.1, 0.15) is 31.7 Å². The summed E-state index contributed by atoms with van der Waals surface area (Å²) in [5, 5.41) is 10.8. The van der Waals surface area contributed by atoms with Crippen LogP contribution < -0.4 is 4.74 Å². The minimum Gasteiger partial charge on any atom is -0.494 e. The van der Waals surface area contributed by atoms with Gasteiger partial charge in [0.15, 0.2) is 0 Å². The van der Waals surface area contributed by atoms with Crippen LogP contribution in [0.2, 0.25) is 0 Å². The fraction of sp³-hybridized carbons (Fsp3) is 0.278. The van der Waals surface area contributed by atoms with E-state index in [1.54, 1.807) is 6.08 Å². The van der Waals surface area contributed by atoms with Gasteiger partial charge in [-0.05, 0) is 47.0 Å². The Balaban J connectivity index is 2.10. The molecule has 110 valence electrons. The van der Waals surface area contributed by atoms with Crippen molar-refractivity contribution in [3.05, 3.63) is 48.0 Å². The van der Waals surface area contributed by atoms with Crippen LogP contribution in [0.4, 0.5) is 0 Å². The van der Waals surface area contributed by atoms with Crippen LogP contribution in [0, 0.1) is 0 Å². The summed E-state index contributed by atoms with van der Waals surface area (Å²) < 4.78 is 5.73. The summed E-state index contributed by atoms with van der Waals surface area (Å²) in [4.78, 5) is 10.5. The van der Waals surface area contributed by atoms with Gasteiger partial charge in [0.05, 0.1) is 6.61 Å². The number of rotatable bonds is 7. The summed E-state index contributed by atoms with van der Waals surface area (Å²) in [5.74, 6) is -0.0571. The van der Waals surface area contributed by atoms with Crippen LogP contribution in [-0.2, 0) is 4.79 Å². The largest absolute Gasteiger partial charge is 0.494 e. The number of hydrogen-bond donors (Lipinski definition) is 1. The molecule has 2 aromatic rings. The number of hydrogen-bond acceptors (Lipinski definition) is 2. The molecular formula is C18H20O3. The van der Waals surface area contributed by atoms with E-state index in [1.165, 1.54) is 12.8 Å². The zero-order valence-electron chi connectivity index (χ0n) is 12.2. The molecule has 0 atom stereocenters. The van der Waals surface area contributed by atoms with Gasteiger partial charge in [-0.1, -0.05) is 38.0 Å². The van der Waals surface area contributed by atoms with Crippen molar-refractivity contribution in [3.63, 3.8) is 0 Å². The molecule has 0 fully saturated rings. The highest BCUT2D eigenvalue weighted by molar-refractivity contribution is 5.89. The highest BCUT2D eigenvalue weighted by Crippen LogP contribution is 2.22. The van der Waals surface area contributed by atoms with Gasteiger partial charge in [0.1, 0.15) is 5.75 Å². The summed E-state index contributed by atoms with van der Waals surface area (Å²) >= 11 is 0. The van der Waals surface area contributed by atoms with E-state index >= 15 is 0 Å². The smallest absolute Gasteiger partial charge is 0.328 e. The fourth-order valence-corrected chi connectivity index (χ4v) is 2.15. The van der Waals surface area contributed by atoms with E-state index < -0.39 is 5.97 Å². The fourth-order valence-electron chi connectivity index (χ4n) is 2.15. The third kappa shape index (κ3) is 4.63. The second-order valence-electron chi connectivity index (χ2n) is 5.00. The monoisotopic (exact) mass is 284 g/mol. The van der Waals surface area contributed by atoms with E-state index in [1.807, 2.05) is 36.4 Å². The molecule has 0 bridgehead atoms. The molecule has 0 spiro atoms. The van der Waals surface area contributed by atoms with Gasteiger partial charge in [0.2, 0.25) is 0 Å². The van der Waals surface area contributed by atoms with Crippen molar-refractivity contribution in [1.29, 1.82) is 0 Å². The Kier molecular flexibility index (Phi) is 5.38. The lowest BCUT2D eigenvalue weighted by Gasteiger charge is -2.07. The molecule has 0 aromatic heterocycles. The van der Waals surface area contributed by atoms with Crippen molar-refractivity contribution in [2.75, 3.05) is 6.61 Å². The van der Waals surface area contributed by atoms with E-state index in [-0.39, 0.29) is 0 Å². The van der Waals surface area contributed by atoms with Crippen LogP contribution in [0.15, 0.2) is 42.5 Å². The first-order chi connectivity index (χ1) is 10.2. The first-order valence-electron chi connectivity index (χ1n) is 7.26. The van der Waals surface area contributed by atoms with E-state index in [2.05, 4.69) is 6.92 Å². The Bertz CT molecular complexity index is 644. The number of unbranched alkanes of at least 4 members (excludes halogenated alkanes) is 2. The second-order valence-corrected chi connectivity index (χ2v) is 5.00. The molecule has 0 aliphatic rings. The highest BCUT2D eigenvalue weighted by Gasteiger charge is 1.99. The number of ether oxygens (including phenoxy) is 1. The zero-order valence-corrected chi connectivity index (χ0v) is 12.2. The molecule has 0 unspecified atom stereocenters. The maximum Gasteiger partial charge on any atom is 0.328 e. The average molecular weight is 284 g/mol. The molecule has 0 aliphatic carbocycles. The number of carboxylic acid groups (broad SMARTS) is 1. The molecule has 0 saturated heterocycles. The first-order valence-corrected chi connectivity index (χ1v) is 7.26. The number of fused-ring (bicyclic) bond motifs is 1. The molecular weight excluding hydrogens is 264 g/mol. The molecule has 0 saturated carbocycles. The topological polar surface area (TPSA) is 46.5 Å². The second kappa shape index (κ2) is 7.48. The Morgan fingerprint density at radius 1 is 1.14 bits per heavy atom. The van der Waals surface area contributed by atoms with Gasteiger partial charge in [-0.2, -0.15) is 0 Å². The molecule has 3 heteroatoms. The van der Waals surface area contributed by atoms with Gasteiger partial charge < -0.3 is 9.84 Å². The SMILES string of the molecule is CCCCCOc1ccc2cc(/C=C/C(=O)O)ccc2c1. The summed E-state index contributed by atoms with van der Waals surface area (Å²) in [6.45, 7) is 2.92. The van der Waals surface area contributed by atoms with Crippen LogP contribution in [0.3, 0.4) is 0 Å². The van der Waals surface area contributed by atoms with E-state index in [0.29, 0.717) is 0 Å². The molecule has 3 nitrogen and oxygen atoms in total. The first kappa shape index (κ1) is 15.1. The van der Waals surface area contributed by atoms with Crippen LogP contribution in [0.5, 0.6) is 5.75 Å². The maximum atomic E-state index is 10.5. The van der Waals surface area contributed by atoms with Gasteiger partial charge in [0.25, 0.3) is 0 Å². The van der Waals surface area contributed by atoms with Crippen molar-refractivity contribution >= 4 is 22.8 Å². The highest BCUT2D eigenvalue weighted by atomic mass is 16.5. The van der Waals surface area contributed by atoms with E-state index in [0.717, 1.165) is 41.2 Å². The van der Waals surface area contributed by atoms with Crippen molar-refractivity contribution < 1.29 is 14.6 Å². The summed E-state index contributed by atoms with van der Waals surface area (Å²) in [6.07, 6.45) is 6.19. The molecule has 0 heterocycles. The third-order valence-corrected chi connectivity index (χ3v) is 3.27. The van der Waals surface area contributed by atoms with Gasteiger partial charge in [0, 0.05) is 6.08 Å². The molecule has 21 heavy (non-hydrogen) atoms. The van der Waals surface area contributed by atoms with Crippen LogP contribution >= 0.6 is 0 Å². The van der Waals surface area contributed by atoms with Gasteiger partial charge in [-0.25, -0.2) is 4.79 Å². The van der Waals surface area contributed by atoms with E-state index in [4.69, 9.17) is 9.84 Å². The molecule has 0 amide bonds. The van der Waals surface area contributed by atoms with Crippen LogP contribution in [0.25, 0.3) is 16.8 Å². The standard InChI is InChI=1S/C18H20O3/c1-2-3-4-11-21-17-9-8-15-12-14(6-10-18(19)20)5-7-16(15)13-17/h5-10,12-13H,2-4,11H2,1H3,(H,19,20)/b10-6+. The maximum absolute atomic E-state index is 10.5. The summed E-state index contributed by atoms with van der Waals surface area (Å²) in [7, 11) is 0. The Hall–Kier alpha value is -2.29. The molecule has 2 aromatic carbocycles. The van der Waals surface area contributed by atoms with Crippen molar-refractivity contribution in [3.8, 4) is 5.75 Å². The minimum atomic E-state index is -0.939. The molecule has 0 aliphatic heterocycles. The Labute approximate surface area is 124 Å². The number of carboxylic acids is 1. The normalized spacial score (nSPS) is 11.1. The number of aliphatic carboxylic acids is 1. The molecule has 2 rings (SSSR count). The number of benzene rings is 2. The van der Waals surface area contributed by atoms with Crippen LogP contribution in [-0.4, -0.2) is 17.7 Å². The van der Waals surface area contributed by atoms with E-state index in [9.17, 15) is 4.79 Å². The van der Waals surface area contributed by atoms with Gasteiger partial charge in [-0.15, -0.1) is 0 Å². The predicted molar refractivity (Wildman–Crippen MR) is 85.6 cm³/mol. The lowest BCUT2D eigenvalue weighted by Crippen LogP contribution is -1.96. The lowest BCUT2D eigenvalue weighted by atomic mass is 10.1. The van der Waals surface area contributed by atoms with Crippen molar-refractivity contribution in [2.24, 2.45) is 0 Å². The summed E-state index contributed by atoms with van der Waals surface area (Å²) in [6, 6.07) is 11.8. The van der Waals surface area contributed by atoms with Gasteiger partial charge >= 0.3 is 5.97 Å². The zero-order chi connectivity index (χ0) is 15.1. The quantitative estimate of drug-likeness (QED) is 0.601. The summed E-state index contributed by atoms with van der Waals surface area (Å²) in [5.41, 5.74) is 0.876. The average Bonchev–Trinajstić information content (AvgIpc) is 2.49. The minimum absolute atomic E-state index is 0.749. The molecule has 1 N–H and O–H groups in total.